The number of hydrogen-bond acceptors (Lipinski definition) is 4. The molecule has 0 saturated carbocycles. The average Bonchev–Trinajstić information content (AvgIpc) is 2.83. The van der Waals surface area contributed by atoms with Crippen LogP contribution in [0.4, 0.5) is 0 Å². The Bertz CT molecular complexity index is 970. The second-order valence-corrected chi connectivity index (χ2v) is 10.0. The van der Waals surface area contributed by atoms with Crippen LogP contribution in [0.15, 0.2) is 85.4 Å². The molecule has 0 aliphatic rings. The Labute approximate surface area is 198 Å². The Balaban J connectivity index is 1.48. The summed E-state index contributed by atoms with van der Waals surface area (Å²) in [6.07, 6.45) is 2.68. The summed E-state index contributed by atoms with van der Waals surface area (Å²) in [5.74, 6) is 1.83. The highest BCUT2D eigenvalue weighted by molar-refractivity contribution is 8.16. The van der Waals surface area contributed by atoms with Gasteiger partial charge in [-0.1, -0.05) is 79.4 Å². The van der Waals surface area contributed by atoms with E-state index in [2.05, 4.69) is 30.8 Å². The molecule has 0 amide bonds. The highest BCUT2D eigenvalue weighted by atomic mass is 32.2. The Morgan fingerprint density at radius 3 is 2.06 bits per heavy atom. The molecule has 32 heavy (non-hydrogen) atoms. The summed E-state index contributed by atoms with van der Waals surface area (Å²) in [4.78, 5) is 11.0. The molecule has 1 atom stereocenters. The SMILES string of the molecule is C=Cc1ccc(COc2ccc(CSC(CCC(=O)O)SCc3ccccc3)cc2)cc1. The van der Waals surface area contributed by atoms with Crippen LogP contribution in [0.1, 0.15) is 35.1 Å². The highest BCUT2D eigenvalue weighted by Crippen LogP contribution is 2.33. The summed E-state index contributed by atoms with van der Waals surface area (Å²) < 4.78 is 6.13. The van der Waals surface area contributed by atoms with E-state index in [1.165, 1.54) is 11.1 Å². The molecule has 0 spiro atoms. The molecular weight excluding hydrogens is 436 g/mol. The van der Waals surface area contributed by atoms with Crippen LogP contribution in [0.2, 0.25) is 0 Å². The van der Waals surface area contributed by atoms with Crippen molar-refractivity contribution in [2.75, 3.05) is 0 Å². The van der Waals surface area contributed by atoms with Crippen molar-refractivity contribution in [1.29, 1.82) is 0 Å². The lowest BCUT2D eigenvalue weighted by Gasteiger charge is -2.16. The molecule has 0 aliphatic carbocycles. The first-order chi connectivity index (χ1) is 15.6. The maximum atomic E-state index is 11.0. The maximum Gasteiger partial charge on any atom is 0.303 e. The molecule has 0 bridgehead atoms. The van der Waals surface area contributed by atoms with Crippen LogP contribution < -0.4 is 4.74 Å². The van der Waals surface area contributed by atoms with Gasteiger partial charge >= 0.3 is 5.97 Å². The van der Waals surface area contributed by atoms with E-state index >= 15 is 0 Å². The molecule has 3 aromatic rings. The van der Waals surface area contributed by atoms with Crippen molar-refractivity contribution in [3.63, 3.8) is 0 Å². The van der Waals surface area contributed by atoms with Crippen LogP contribution in [-0.2, 0) is 22.9 Å². The van der Waals surface area contributed by atoms with Crippen molar-refractivity contribution in [3.8, 4) is 5.75 Å². The minimum absolute atomic E-state index is 0.194. The van der Waals surface area contributed by atoms with E-state index in [1.54, 1.807) is 11.8 Å². The largest absolute Gasteiger partial charge is 0.489 e. The summed E-state index contributed by atoms with van der Waals surface area (Å²) in [5.41, 5.74) is 4.68. The summed E-state index contributed by atoms with van der Waals surface area (Å²) in [5, 5.41) is 9.09. The van der Waals surface area contributed by atoms with Gasteiger partial charge in [-0.25, -0.2) is 0 Å². The van der Waals surface area contributed by atoms with E-state index in [0.717, 1.165) is 28.4 Å². The fourth-order valence-corrected chi connectivity index (χ4v) is 5.51. The third-order valence-electron chi connectivity index (χ3n) is 4.85. The number of benzene rings is 3. The first kappa shape index (κ1) is 24.0. The zero-order valence-electron chi connectivity index (χ0n) is 18.0. The van der Waals surface area contributed by atoms with Gasteiger partial charge in [0.1, 0.15) is 12.4 Å². The smallest absolute Gasteiger partial charge is 0.303 e. The molecule has 166 valence electrons. The summed E-state index contributed by atoms with van der Waals surface area (Å²) in [6, 6.07) is 26.6. The molecule has 0 heterocycles. The molecule has 3 nitrogen and oxygen atoms in total. The Morgan fingerprint density at radius 1 is 0.875 bits per heavy atom. The van der Waals surface area contributed by atoms with Crippen molar-refractivity contribution in [1.82, 2.24) is 0 Å². The van der Waals surface area contributed by atoms with E-state index in [4.69, 9.17) is 9.84 Å². The van der Waals surface area contributed by atoms with Crippen LogP contribution in [-0.4, -0.2) is 15.7 Å². The van der Waals surface area contributed by atoms with Crippen molar-refractivity contribution in [2.24, 2.45) is 0 Å². The number of carboxylic acids is 1. The maximum absolute atomic E-state index is 11.0. The van der Waals surface area contributed by atoms with Crippen LogP contribution >= 0.6 is 23.5 Å². The van der Waals surface area contributed by atoms with E-state index in [-0.39, 0.29) is 11.0 Å². The molecule has 0 aromatic heterocycles. The molecule has 3 aromatic carbocycles. The van der Waals surface area contributed by atoms with E-state index in [0.29, 0.717) is 13.0 Å². The van der Waals surface area contributed by atoms with Crippen LogP contribution in [0.3, 0.4) is 0 Å². The van der Waals surface area contributed by atoms with Crippen LogP contribution in [0.25, 0.3) is 6.08 Å². The number of aliphatic carboxylic acids is 1. The van der Waals surface area contributed by atoms with Crippen molar-refractivity contribution < 1.29 is 14.6 Å². The van der Waals surface area contributed by atoms with Crippen LogP contribution in [0, 0.1) is 0 Å². The second-order valence-electron chi connectivity index (χ2n) is 7.35. The molecule has 1 N–H and O–H groups in total. The zero-order chi connectivity index (χ0) is 22.6. The minimum atomic E-state index is -0.739. The van der Waals surface area contributed by atoms with Gasteiger partial charge in [-0.15, -0.1) is 23.5 Å². The number of thioether (sulfide) groups is 2. The number of carbonyl (C=O) groups is 1. The number of rotatable bonds is 13. The van der Waals surface area contributed by atoms with Gasteiger partial charge < -0.3 is 9.84 Å². The Morgan fingerprint density at radius 2 is 1.47 bits per heavy atom. The molecule has 0 aliphatic heterocycles. The van der Waals surface area contributed by atoms with Crippen molar-refractivity contribution in [3.05, 3.63) is 108 Å². The standard InChI is InChI=1S/C27H28O3S2/c1-2-21-8-10-22(11-9-21)18-30-25-14-12-24(13-15-25)20-32-27(17-16-26(28)29)31-19-23-6-4-3-5-7-23/h2-15,27H,1,16-20H2,(H,28,29). The molecule has 0 fully saturated rings. The second kappa shape index (κ2) is 13.0. The summed E-state index contributed by atoms with van der Waals surface area (Å²) in [7, 11) is 0. The molecule has 1 unspecified atom stereocenters. The van der Waals surface area contributed by atoms with Crippen molar-refractivity contribution >= 4 is 35.6 Å². The average molecular weight is 465 g/mol. The van der Waals surface area contributed by atoms with Gasteiger partial charge in [-0.05, 0) is 40.8 Å². The monoisotopic (exact) mass is 464 g/mol. The van der Waals surface area contributed by atoms with E-state index in [1.807, 2.05) is 72.4 Å². The normalized spacial score (nSPS) is 11.6. The van der Waals surface area contributed by atoms with E-state index in [9.17, 15) is 4.79 Å². The topological polar surface area (TPSA) is 46.5 Å². The quantitative estimate of drug-likeness (QED) is 0.270. The van der Waals surface area contributed by atoms with Gasteiger partial charge in [0.05, 0.1) is 4.58 Å². The van der Waals surface area contributed by atoms with Gasteiger partial charge in [0, 0.05) is 17.9 Å². The summed E-state index contributed by atoms with van der Waals surface area (Å²) in [6.45, 7) is 4.30. The first-order valence-electron chi connectivity index (χ1n) is 10.5. The lowest BCUT2D eigenvalue weighted by atomic mass is 10.1. The predicted molar refractivity (Wildman–Crippen MR) is 137 cm³/mol. The number of hydrogen-bond donors (Lipinski definition) is 1. The fourth-order valence-electron chi connectivity index (χ4n) is 3.01. The minimum Gasteiger partial charge on any atom is -0.489 e. The first-order valence-corrected chi connectivity index (χ1v) is 12.6. The Kier molecular flexibility index (Phi) is 9.79. The zero-order valence-corrected chi connectivity index (χ0v) is 19.6. The van der Waals surface area contributed by atoms with Gasteiger partial charge in [0.15, 0.2) is 0 Å². The highest BCUT2D eigenvalue weighted by Gasteiger charge is 2.13. The molecule has 0 radical (unpaired) electrons. The molecule has 0 saturated heterocycles. The van der Waals surface area contributed by atoms with Gasteiger partial charge in [0.25, 0.3) is 0 Å². The van der Waals surface area contributed by atoms with Gasteiger partial charge in [-0.3, -0.25) is 4.79 Å². The number of ether oxygens (including phenoxy) is 1. The van der Waals surface area contributed by atoms with Crippen LogP contribution in [0.5, 0.6) is 5.75 Å². The Hall–Kier alpha value is -2.63. The third-order valence-corrected chi connectivity index (χ3v) is 7.88. The predicted octanol–water partition coefficient (Wildman–Crippen LogP) is 7.27. The molecule has 5 heteroatoms. The third kappa shape index (κ3) is 8.48. The van der Waals surface area contributed by atoms with Gasteiger partial charge in [-0.2, -0.15) is 0 Å². The van der Waals surface area contributed by atoms with Crippen molar-refractivity contribution in [2.45, 2.75) is 35.5 Å². The fraction of sp³-hybridized carbons (Fsp3) is 0.222. The van der Waals surface area contributed by atoms with Gasteiger partial charge in [0.2, 0.25) is 0 Å². The van der Waals surface area contributed by atoms with E-state index < -0.39 is 5.97 Å². The lowest BCUT2D eigenvalue weighted by molar-refractivity contribution is -0.137. The number of carboxylic acid groups (broad SMARTS) is 1. The molecular formula is C27H28O3S2. The molecule has 3 rings (SSSR count). The lowest BCUT2D eigenvalue weighted by Crippen LogP contribution is -2.04. The summed E-state index contributed by atoms with van der Waals surface area (Å²) >= 11 is 3.62.